The SMILES string of the molecule is C[C@H](CO)N1C[C@H](C)[C@@H](CN(C)Cc2ccc(C(=O)Nc3ccccc3N)cc2)Oc2ccc(N(C)C)cc2CC1=O. The van der Waals surface area contributed by atoms with Gasteiger partial charge in [-0.25, -0.2) is 0 Å². The van der Waals surface area contributed by atoms with Crippen molar-refractivity contribution in [2.75, 3.05) is 56.8 Å². The number of carbonyl (C=O) groups is 2. The maximum atomic E-state index is 13.4. The lowest BCUT2D eigenvalue weighted by Gasteiger charge is -2.34. The number of ether oxygens (including phenoxy) is 1. The number of nitrogens with two attached hydrogens (primary N) is 1. The molecule has 0 aromatic heterocycles. The summed E-state index contributed by atoms with van der Waals surface area (Å²) in [6.45, 7) is 5.64. The van der Waals surface area contributed by atoms with Crippen LogP contribution < -0.4 is 20.7 Å². The van der Waals surface area contributed by atoms with Crippen molar-refractivity contribution in [3.63, 3.8) is 0 Å². The van der Waals surface area contributed by atoms with E-state index in [1.165, 1.54) is 0 Å². The summed E-state index contributed by atoms with van der Waals surface area (Å²) in [6, 6.07) is 20.4. The highest BCUT2D eigenvalue weighted by atomic mass is 16.5. The molecule has 0 spiro atoms. The van der Waals surface area contributed by atoms with Crippen LogP contribution in [0.25, 0.3) is 0 Å². The second-order valence-electron chi connectivity index (χ2n) is 11.5. The minimum absolute atomic E-state index is 0.0152. The zero-order valence-corrected chi connectivity index (χ0v) is 25.2. The molecule has 0 fully saturated rings. The molecule has 9 heteroatoms. The Hall–Kier alpha value is -4.08. The number of nitrogens with zero attached hydrogens (tertiary/aromatic N) is 3. The number of hydrogen-bond acceptors (Lipinski definition) is 7. The van der Waals surface area contributed by atoms with Gasteiger partial charge in [-0.2, -0.15) is 0 Å². The number of amides is 2. The summed E-state index contributed by atoms with van der Waals surface area (Å²) in [6.07, 6.45) is 0.0209. The zero-order chi connectivity index (χ0) is 30.4. The van der Waals surface area contributed by atoms with Gasteiger partial charge in [0.2, 0.25) is 5.91 Å². The smallest absolute Gasteiger partial charge is 0.255 e. The molecule has 0 radical (unpaired) electrons. The standard InChI is InChI=1S/C33H43N5O4/c1-22-18-38(23(2)21-39)32(40)17-26-16-27(36(3)4)14-15-30(26)42-31(22)20-37(5)19-24-10-12-25(13-11-24)33(41)35-29-9-7-6-8-28(29)34/h6-16,22-23,31,39H,17-21,34H2,1-5H3,(H,35,41)/t22-,23+,31+/m0/s1. The highest BCUT2D eigenvalue weighted by Gasteiger charge is 2.31. The van der Waals surface area contributed by atoms with Crippen LogP contribution in [0.15, 0.2) is 66.7 Å². The Labute approximate surface area is 248 Å². The topological polar surface area (TPSA) is 111 Å². The molecule has 0 unspecified atom stereocenters. The van der Waals surface area contributed by atoms with Gasteiger partial charge in [-0.05, 0) is 62.0 Å². The van der Waals surface area contributed by atoms with E-state index in [9.17, 15) is 14.7 Å². The first-order valence-electron chi connectivity index (χ1n) is 14.4. The lowest BCUT2D eigenvalue weighted by molar-refractivity contribution is -0.134. The van der Waals surface area contributed by atoms with Crippen molar-refractivity contribution in [2.45, 2.75) is 39.0 Å². The third-order valence-electron chi connectivity index (χ3n) is 7.79. The van der Waals surface area contributed by atoms with Crippen molar-refractivity contribution < 1.29 is 19.4 Å². The minimum Gasteiger partial charge on any atom is -0.488 e. The van der Waals surface area contributed by atoms with Crippen LogP contribution in [0.3, 0.4) is 0 Å². The Bertz CT molecular complexity index is 1380. The number of nitrogens with one attached hydrogen (secondary N) is 1. The van der Waals surface area contributed by atoms with Crippen molar-refractivity contribution >= 4 is 28.9 Å². The van der Waals surface area contributed by atoms with Gasteiger partial charge in [0.1, 0.15) is 11.9 Å². The number of hydrogen-bond donors (Lipinski definition) is 3. The lowest BCUT2D eigenvalue weighted by atomic mass is 10.0. The first kappa shape index (κ1) is 30.9. The zero-order valence-electron chi connectivity index (χ0n) is 25.2. The summed E-state index contributed by atoms with van der Waals surface area (Å²) in [4.78, 5) is 32.1. The van der Waals surface area contributed by atoms with Crippen molar-refractivity contribution in [3.05, 3.63) is 83.4 Å². The number of fused-ring (bicyclic) bond motifs is 1. The maximum Gasteiger partial charge on any atom is 0.255 e. The molecule has 3 aromatic rings. The number of rotatable bonds is 9. The summed E-state index contributed by atoms with van der Waals surface area (Å²) in [5.74, 6) is 0.499. The fraction of sp³-hybridized carbons (Fsp3) is 0.394. The largest absolute Gasteiger partial charge is 0.488 e. The molecule has 9 nitrogen and oxygen atoms in total. The molecule has 0 bridgehead atoms. The number of anilines is 3. The summed E-state index contributed by atoms with van der Waals surface area (Å²) in [5.41, 5.74) is 10.5. The number of aliphatic hydroxyl groups excluding tert-OH is 1. The first-order chi connectivity index (χ1) is 20.0. The van der Waals surface area contributed by atoms with Gasteiger partial charge in [-0.15, -0.1) is 0 Å². The number of aliphatic hydroxyl groups is 1. The van der Waals surface area contributed by atoms with Gasteiger partial charge < -0.3 is 30.7 Å². The van der Waals surface area contributed by atoms with Crippen molar-refractivity contribution in [3.8, 4) is 5.75 Å². The van der Waals surface area contributed by atoms with Crippen molar-refractivity contribution in [1.29, 1.82) is 0 Å². The number of benzene rings is 3. The van der Waals surface area contributed by atoms with Gasteiger partial charge in [0, 0.05) is 56.5 Å². The molecule has 4 N–H and O–H groups in total. The molecule has 224 valence electrons. The molecular formula is C33H43N5O4. The van der Waals surface area contributed by atoms with Gasteiger partial charge in [-0.1, -0.05) is 31.2 Å². The van der Waals surface area contributed by atoms with Crippen LogP contribution in [0.4, 0.5) is 17.1 Å². The van der Waals surface area contributed by atoms with E-state index in [2.05, 4.69) is 17.1 Å². The Morgan fingerprint density at radius 3 is 2.50 bits per heavy atom. The van der Waals surface area contributed by atoms with Crippen LogP contribution in [0, 0.1) is 5.92 Å². The Balaban J connectivity index is 1.48. The fourth-order valence-corrected chi connectivity index (χ4v) is 5.16. The van der Waals surface area contributed by atoms with Crippen molar-refractivity contribution in [1.82, 2.24) is 9.80 Å². The van der Waals surface area contributed by atoms with Gasteiger partial charge in [0.15, 0.2) is 0 Å². The van der Waals surface area contributed by atoms with E-state index in [1.54, 1.807) is 17.0 Å². The summed E-state index contributed by atoms with van der Waals surface area (Å²) < 4.78 is 6.63. The lowest BCUT2D eigenvalue weighted by Crippen LogP contribution is -2.47. The van der Waals surface area contributed by atoms with Crippen LogP contribution in [-0.2, 0) is 17.8 Å². The highest BCUT2D eigenvalue weighted by Crippen LogP contribution is 2.30. The molecule has 4 rings (SSSR count). The van der Waals surface area contributed by atoms with E-state index in [4.69, 9.17) is 10.5 Å². The summed E-state index contributed by atoms with van der Waals surface area (Å²) in [5, 5.41) is 12.7. The van der Waals surface area contributed by atoms with Gasteiger partial charge in [0.05, 0.1) is 30.4 Å². The van der Waals surface area contributed by atoms with Crippen LogP contribution in [0.2, 0.25) is 0 Å². The molecule has 0 aliphatic carbocycles. The number of nitrogen functional groups attached to an aromatic ring is 1. The molecule has 1 heterocycles. The molecule has 1 aliphatic rings. The van der Waals surface area contributed by atoms with Crippen LogP contribution in [-0.4, -0.2) is 79.7 Å². The van der Waals surface area contributed by atoms with Gasteiger partial charge in [-0.3, -0.25) is 14.5 Å². The second kappa shape index (κ2) is 13.7. The second-order valence-corrected chi connectivity index (χ2v) is 11.5. The average molecular weight is 574 g/mol. The molecule has 0 saturated carbocycles. The molecule has 3 aromatic carbocycles. The molecule has 1 aliphatic heterocycles. The normalized spacial score (nSPS) is 17.9. The summed E-state index contributed by atoms with van der Waals surface area (Å²) >= 11 is 0. The quantitative estimate of drug-likeness (QED) is 0.333. The molecular weight excluding hydrogens is 530 g/mol. The van der Waals surface area contributed by atoms with Crippen molar-refractivity contribution in [2.24, 2.45) is 5.92 Å². The number of para-hydroxylation sites is 2. The molecule has 42 heavy (non-hydrogen) atoms. The Morgan fingerprint density at radius 1 is 1.12 bits per heavy atom. The maximum absolute atomic E-state index is 13.4. The van der Waals surface area contributed by atoms with E-state index < -0.39 is 0 Å². The Kier molecular flexibility index (Phi) is 10.1. The summed E-state index contributed by atoms with van der Waals surface area (Å²) in [7, 11) is 5.98. The first-order valence-corrected chi connectivity index (χ1v) is 14.4. The predicted molar refractivity (Wildman–Crippen MR) is 168 cm³/mol. The predicted octanol–water partition coefficient (Wildman–Crippen LogP) is 3.87. The average Bonchev–Trinajstić information content (AvgIpc) is 3.01. The molecule has 2 amide bonds. The van der Waals surface area contributed by atoms with E-state index in [1.807, 2.05) is 87.6 Å². The van der Waals surface area contributed by atoms with Gasteiger partial charge >= 0.3 is 0 Å². The minimum atomic E-state index is -0.286. The Morgan fingerprint density at radius 2 is 1.83 bits per heavy atom. The van der Waals surface area contributed by atoms with Crippen LogP contribution in [0.5, 0.6) is 5.75 Å². The van der Waals surface area contributed by atoms with E-state index in [0.717, 1.165) is 16.8 Å². The van der Waals surface area contributed by atoms with E-state index in [0.29, 0.717) is 42.3 Å². The van der Waals surface area contributed by atoms with E-state index in [-0.39, 0.29) is 42.9 Å². The van der Waals surface area contributed by atoms with Crippen LogP contribution >= 0.6 is 0 Å². The third-order valence-corrected chi connectivity index (χ3v) is 7.79. The molecule has 0 saturated heterocycles. The van der Waals surface area contributed by atoms with E-state index >= 15 is 0 Å². The number of carbonyl (C=O) groups excluding carboxylic acids is 2. The molecule has 3 atom stereocenters. The van der Waals surface area contributed by atoms with Crippen LogP contribution in [0.1, 0.15) is 35.3 Å². The highest BCUT2D eigenvalue weighted by molar-refractivity contribution is 6.05. The third kappa shape index (κ3) is 7.60. The number of likely N-dealkylation sites (N-methyl/N-ethyl adjacent to an activating group) is 1. The fourth-order valence-electron chi connectivity index (χ4n) is 5.16. The monoisotopic (exact) mass is 573 g/mol. The van der Waals surface area contributed by atoms with Gasteiger partial charge in [0.25, 0.3) is 5.91 Å².